The van der Waals surface area contributed by atoms with Crippen LogP contribution in [0.1, 0.15) is 24.5 Å². The van der Waals surface area contributed by atoms with E-state index in [1.807, 2.05) is 30.3 Å². The molecule has 0 unspecified atom stereocenters. The van der Waals surface area contributed by atoms with E-state index in [1.54, 1.807) is 25.3 Å². The molecule has 0 heterocycles. The molecule has 0 aliphatic carbocycles. The number of benzene rings is 2. The topological polar surface area (TPSA) is 65.4 Å². The van der Waals surface area contributed by atoms with Crippen molar-refractivity contribution in [3.8, 4) is 11.8 Å². The first kappa shape index (κ1) is 19.8. The number of hydrogen-bond donors (Lipinski definition) is 1. The Morgan fingerprint density at radius 1 is 1.27 bits per heavy atom. The van der Waals surface area contributed by atoms with Gasteiger partial charge in [0.1, 0.15) is 11.8 Å². The van der Waals surface area contributed by atoms with E-state index in [0.29, 0.717) is 29.2 Å². The highest BCUT2D eigenvalue weighted by molar-refractivity contribution is 6.32. The molecule has 0 radical (unpaired) electrons. The van der Waals surface area contributed by atoms with Crippen molar-refractivity contribution in [2.45, 2.75) is 19.9 Å². The molecule has 2 aromatic carbocycles. The molecule has 0 aliphatic rings. The fourth-order valence-corrected chi connectivity index (χ4v) is 2.73. The van der Waals surface area contributed by atoms with Gasteiger partial charge in [-0.15, -0.1) is 0 Å². The van der Waals surface area contributed by atoms with Crippen molar-refractivity contribution in [2.24, 2.45) is 0 Å². The van der Waals surface area contributed by atoms with Gasteiger partial charge < -0.3 is 10.1 Å². The van der Waals surface area contributed by atoms with E-state index in [2.05, 4.69) is 17.1 Å². The third-order valence-corrected chi connectivity index (χ3v) is 4.35. The van der Waals surface area contributed by atoms with E-state index >= 15 is 0 Å². The largest absolute Gasteiger partial charge is 0.497 e. The maximum Gasteiger partial charge on any atom is 0.225 e. The van der Waals surface area contributed by atoms with E-state index in [9.17, 15) is 4.79 Å². The van der Waals surface area contributed by atoms with Crippen LogP contribution in [-0.4, -0.2) is 31.0 Å². The van der Waals surface area contributed by atoms with E-state index in [0.717, 1.165) is 18.8 Å². The van der Waals surface area contributed by atoms with E-state index in [1.165, 1.54) is 5.56 Å². The first-order valence-corrected chi connectivity index (χ1v) is 8.78. The Balaban J connectivity index is 1.85. The van der Waals surface area contributed by atoms with Crippen LogP contribution in [0.15, 0.2) is 42.5 Å². The summed E-state index contributed by atoms with van der Waals surface area (Å²) >= 11 is 5.98. The SMILES string of the molecule is CCN(CCC(=O)Nc1ccc(C#N)c(Cl)c1)Cc1ccc(OC)cc1. The van der Waals surface area contributed by atoms with Gasteiger partial charge in [0.25, 0.3) is 0 Å². The normalized spacial score (nSPS) is 10.4. The van der Waals surface area contributed by atoms with Gasteiger partial charge in [-0.1, -0.05) is 30.7 Å². The second-order valence-corrected chi connectivity index (χ2v) is 6.23. The number of methoxy groups -OCH3 is 1. The fourth-order valence-electron chi connectivity index (χ4n) is 2.50. The Labute approximate surface area is 159 Å². The molecule has 0 aromatic heterocycles. The molecule has 2 rings (SSSR count). The first-order chi connectivity index (χ1) is 12.5. The summed E-state index contributed by atoms with van der Waals surface area (Å²) < 4.78 is 5.17. The highest BCUT2D eigenvalue weighted by atomic mass is 35.5. The molecule has 0 bridgehead atoms. The second kappa shape index (κ2) is 9.81. The zero-order valence-electron chi connectivity index (χ0n) is 15.0. The van der Waals surface area contributed by atoms with Crippen molar-refractivity contribution in [3.05, 3.63) is 58.6 Å². The van der Waals surface area contributed by atoms with Gasteiger partial charge in [0.15, 0.2) is 0 Å². The summed E-state index contributed by atoms with van der Waals surface area (Å²) in [5, 5.41) is 12.0. The van der Waals surface area contributed by atoms with Gasteiger partial charge in [-0.05, 0) is 42.4 Å². The highest BCUT2D eigenvalue weighted by Crippen LogP contribution is 2.20. The summed E-state index contributed by atoms with van der Waals surface area (Å²) in [6.45, 7) is 4.35. The summed E-state index contributed by atoms with van der Waals surface area (Å²) in [6, 6.07) is 14.8. The zero-order valence-corrected chi connectivity index (χ0v) is 15.7. The predicted molar refractivity (Wildman–Crippen MR) is 103 cm³/mol. The molecule has 5 nitrogen and oxygen atoms in total. The van der Waals surface area contributed by atoms with Crippen LogP contribution in [0.3, 0.4) is 0 Å². The Morgan fingerprint density at radius 3 is 2.58 bits per heavy atom. The number of nitrogens with zero attached hydrogens (tertiary/aromatic N) is 2. The zero-order chi connectivity index (χ0) is 18.9. The lowest BCUT2D eigenvalue weighted by Gasteiger charge is -2.20. The van der Waals surface area contributed by atoms with Crippen LogP contribution in [0.25, 0.3) is 0 Å². The Hall–Kier alpha value is -2.55. The minimum Gasteiger partial charge on any atom is -0.497 e. The second-order valence-electron chi connectivity index (χ2n) is 5.82. The molecule has 0 spiro atoms. The summed E-state index contributed by atoms with van der Waals surface area (Å²) in [7, 11) is 1.65. The van der Waals surface area contributed by atoms with Crippen LogP contribution in [0.4, 0.5) is 5.69 Å². The van der Waals surface area contributed by atoms with Gasteiger partial charge in [-0.25, -0.2) is 0 Å². The number of carbonyl (C=O) groups is 1. The van der Waals surface area contributed by atoms with Crippen LogP contribution >= 0.6 is 11.6 Å². The number of rotatable bonds is 8. The molecule has 0 fully saturated rings. The Kier molecular flexibility index (Phi) is 7.46. The van der Waals surface area contributed by atoms with Gasteiger partial charge in [0.05, 0.1) is 17.7 Å². The van der Waals surface area contributed by atoms with Gasteiger partial charge in [0, 0.05) is 25.2 Å². The maximum absolute atomic E-state index is 12.2. The highest BCUT2D eigenvalue weighted by Gasteiger charge is 2.09. The monoisotopic (exact) mass is 371 g/mol. The number of hydrogen-bond acceptors (Lipinski definition) is 4. The average Bonchev–Trinajstić information content (AvgIpc) is 2.65. The van der Waals surface area contributed by atoms with Crippen LogP contribution in [0, 0.1) is 11.3 Å². The molecule has 0 saturated heterocycles. The molecule has 0 saturated carbocycles. The third-order valence-electron chi connectivity index (χ3n) is 4.04. The standard InChI is InChI=1S/C20H22ClN3O2/c1-3-24(14-15-4-8-18(26-2)9-5-15)11-10-20(25)23-17-7-6-16(13-22)19(21)12-17/h4-9,12H,3,10-11,14H2,1-2H3,(H,23,25). The molecule has 0 aliphatic heterocycles. The van der Waals surface area contributed by atoms with E-state index in [4.69, 9.17) is 21.6 Å². The maximum atomic E-state index is 12.2. The molecule has 6 heteroatoms. The Morgan fingerprint density at radius 2 is 2.00 bits per heavy atom. The number of halogens is 1. The van der Waals surface area contributed by atoms with E-state index in [-0.39, 0.29) is 5.91 Å². The quantitative estimate of drug-likeness (QED) is 0.759. The van der Waals surface area contributed by atoms with Crippen molar-refractivity contribution in [1.29, 1.82) is 5.26 Å². The van der Waals surface area contributed by atoms with Crippen molar-refractivity contribution in [3.63, 3.8) is 0 Å². The van der Waals surface area contributed by atoms with Crippen LogP contribution < -0.4 is 10.1 Å². The average molecular weight is 372 g/mol. The third kappa shape index (κ3) is 5.76. The molecule has 1 N–H and O–H groups in total. The minimum absolute atomic E-state index is 0.0843. The van der Waals surface area contributed by atoms with Gasteiger partial charge in [-0.2, -0.15) is 5.26 Å². The molecule has 0 atom stereocenters. The van der Waals surface area contributed by atoms with Crippen molar-refractivity contribution < 1.29 is 9.53 Å². The lowest BCUT2D eigenvalue weighted by atomic mass is 10.2. The lowest BCUT2D eigenvalue weighted by molar-refractivity contribution is -0.116. The molecular weight excluding hydrogens is 350 g/mol. The van der Waals surface area contributed by atoms with Gasteiger partial charge in [0.2, 0.25) is 5.91 Å². The molecule has 26 heavy (non-hydrogen) atoms. The van der Waals surface area contributed by atoms with Crippen LogP contribution in [-0.2, 0) is 11.3 Å². The van der Waals surface area contributed by atoms with Crippen LogP contribution in [0.5, 0.6) is 5.75 Å². The fraction of sp³-hybridized carbons (Fsp3) is 0.300. The number of carbonyl (C=O) groups excluding carboxylic acids is 1. The summed E-state index contributed by atoms with van der Waals surface area (Å²) in [4.78, 5) is 14.4. The molecular formula is C20H22ClN3O2. The summed E-state index contributed by atoms with van der Waals surface area (Å²) in [5.41, 5.74) is 2.16. The number of nitriles is 1. The summed E-state index contributed by atoms with van der Waals surface area (Å²) in [5.74, 6) is 0.746. The van der Waals surface area contributed by atoms with Crippen molar-refractivity contribution in [2.75, 3.05) is 25.5 Å². The van der Waals surface area contributed by atoms with Crippen molar-refractivity contribution >= 4 is 23.2 Å². The Bertz CT molecular complexity index is 785. The number of anilines is 1. The molecule has 2 aromatic rings. The van der Waals surface area contributed by atoms with Gasteiger partial charge in [-0.3, -0.25) is 9.69 Å². The van der Waals surface area contributed by atoms with Gasteiger partial charge >= 0.3 is 0 Å². The molecule has 136 valence electrons. The van der Waals surface area contributed by atoms with Crippen LogP contribution in [0.2, 0.25) is 5.02 Å². The van der Waals surface area contributed by atoms with Crippen molar-refractivity contribution in [1.82, 2.24) is 4.90 Å². The number of ether oxygens (including phenoxy) is 1. The first-order valence-electron chi connectivity index (χ1n) is 8.40. The number of amides is 1. The minimum atomic E-state index is -0.0843. The smallest absolute Gasteiger partial charge is 0.225 e. The van der Waals surface area contributed by atoms with E-state index < -0.39 is 0 Å². The number of nitrogens with one attached hydrogen (secondary N) is 1. The summed E-state index contributed by atoms with van der Waals surface area (Å²) in [6.07, 6.45) is 0.377. The lowest BCUT2D eigenvalue weighted by Crippen LogP contribution is -2.27. The molecule has 1 amide bonds. The predicted octanol–water partition coefficient (Wildman–Crippen LogP) is 4.07.